The van der Waals surface area contributed by atoms with Gasteiger partial charge in [0.2, 0.25) is 0 Å². The second kappa shape index (κ2) is 11.1. The van der Waals surface area contributed by atoms with Gasteiger partial charge in [0.1, 0.15) is 5.82 Å². The Hall–Kier alpha value is -1.04. The Morgan fingerprint density at radius 3 is 2.41 bits per heavy atom. The lowest BCUT2D eigenvalue weighted by atomic mass is 9.67. The quantitative estimate of drug-likeness (QED) is 0.739. The summed E-state index contributed by atoms with van der Waals surface area (Å²) < 4.78 is 0. The van der Waals surface area contributed by atoms with Gasteiger partial charge >= 0.3 is 0 Å². The van der Waals surface area contributed by atoms with Gasteiger partial charge in [-0.1, -0.05) is 13.3 Å². The van der Waals surface area contributed by atoms with E-state index in [1.807, 2.05) is 12.1 Å². The largest absolute Gasteiger partial charge is 0.357 e. The first-order valence-corrected chi connectivity index (χ1v) is 9.89. The standard InChI is InChI=1S/C20H32N4O.2ClH/c1-3-10-24(4-2)18-9-8-16(13-22-18)20(25)23-19-14-6-5-7-15(19)12-17(21)11-14;;/h8-9,13-15,17,19H,3-7,10-12,21H2,1-2H3,(H,23,25);2*1H. The predicted octanol–water partition coefficient (Wildman–Crippen LogP) is 3.80. The number of nitrogens with zero attached hydrogens (tertiary/aromatic N) is 2. The molecule has 1 amide bonds. The minimum atomic E-state index is 0. The molecular weight excluding hydrogens is 383 g/mol. The Morgan fingerprint density at radius 1 is 1.22 bits per heavy atom. The van der Waals surface area contributed by atoms with Gasteiger partial charge in [-0.05, 0) is 63.0 Å². The zero-order valence-corrected chi connectivity index (χ0v) is 18.0. The van der Waals surface area contributed by atoms with E-state index in [0.29, 0.717) is 23.4 Å². The molecule has 2 atom stereocenters. The maximum absolute atomic E-state index is 12.7. The van der Waals surface area contributed by atoms with E-state index in [0.717, 1.165) is 38.2 Å². The van der Waals surface area contributed by atoms with Gasteiger partial charge in [0.25, 0.3) is 5.91 Å². The van der Waals surface area contributed by atoms with Crippen LogP contribution in [0.25, 0.3) is 0 Å². The van der Waals surface area contributed by atoms with E-state index in [1.165, 1.54) is 19.3 Å². The lowest BCUT2D eigenvalue weighted by Crippen LogP contribution is -2.53. The highest BCUT2D eigenvalue weighted by Crippen LogP contribution is 2.39. The molecule has 0 aliphatic heterocycles. The maximum Gasteiger partial charge on any atom is 0.253 e. The van der Waals surface area contributed by atoms with Crippen LogP contribution in [0.1, 0.15) is 62.7 Å². The van der Waals surface area contributed by atoms with Crippen LogP contribution in [-0.2, 0) is 0 Å². The van der Waals surface area contributed by atoms with Crippen molar-refractivity contribution >= 4 is 36.5 Å². The lowest BCUT2D eigenvalue weighted by Gasteiger charge is -2.45. The number of aromatic nitrogens is 1. The van der Waals surface area contributed by atoms with Crippen molar-refractivity contribution in [2.45, 2.75) is 64.5 Å². The summed E-state index contributed by atoms with van der Waals surface area (Å²) in [5, 5.41) is 3.30. The van der Waals surface area contributed by atoms with E-state index in [2.05, 4.69) is 29.0 Å². The molecule has 2 unspecified atom stereocenters. The monoisotopic (exact) mass is 416 g/mol. The molecule has 3 N–H and O–H groups in total. The number of hydrogen-bond acceptors (Lipinski definition) is 4. The number of anilines is 1. The molecule has 1 heterocycles. The number of nitrogens with two attached hydrogens (primary N) is 1. The predicted molar refractivity (Wildman–Crippen MR) is 116 cm³/mol. The number of nitrogens with one attached hydrogen (secondary N) is 1. The molecule has 1 aromatic heterocycles. The van der Waals surface area contributed by atoms with Crippen molar-refractivity contribution in [2.24, 2.45) is 17.6 Å². The Morgan fingerprint density at radius 2 is 1.89 bits per heavy atom. The van der Waals surface area contributed by atoms with Gasteiger partial charge in [-0.25, -0.2) is 4.98 Å². The first-order valence-electron chi connectivity index (χ1n) is 9.89. The smallest absolute Gasteiger partial charge is 0.253 e. The second-order valence-corrected chi connectivity index (χ2v) is 7.67. The van der Waals surface area contributed by atoms with E-state index in [1.54, 1.807) is 6.20 Å². The summed E-state index contributed by atoms with van der Waals surface area (Å²) in [5.74, 6) is 2.04. The zero-order valence-electron chi connectivity index (χ0n) is 16.4. The van der Waals surface area contributed by atoms with E-state index in [9.17, 15) is 4.79 Å². The summed E-state index contributed by atoms with van der Waals surface area (Å²) in [5.41, 5.74) is 6.84. The molecular formula is C20H34Cl2N4O. The normalized spacial score (nSPS) is 26.3. The van der Waals surface area contributed by atoms with Crippen LogP contribution in [0.4, 0.5) is 5.82 Å². The van der Waals surface area contributed by atoms with Crippen LogP contribution in [0.15, 0.2) is 18.3 Å². The minimum absolute atomic E-state index is 0. The number of hydrogen-bond donors (Lipinski definition) is 2. The van der Waals surface area contributed by atoms with Gasteiger partial charge in [-0.2, -0.15) is 0 Å². The number of amides is 1. The van der Waals surface area contributed by atoms with Crippen molar-refractivity contribution in [1.29, 1.82) is 0 Å². The van der Waals surface area contributed by atoms with Crippen molar-refractivity contribution in [3.8, 4) is 0 Å². The molecule has 1 aromatic rings. The zero-order chi connectivity index (χ0) is 17.8. The topological polar surface area (TPSA) is 71.2 Å². The van der Waals surface area contributed by atoms with E-state index in [4.69, 9.17) is 5.73 Å². The Balaban J connectivity index is 0.00000182. The second-order valence-electron chi connectivity index (χ2n) is 7.67. The fraction of sp³-hybridized carbons (Fsp3) is 0.700. The number of halogens is 2. The minimum Gasteiger partial charge on any atom is -0.357 e. The Bertz CT molecular complexity index is 570. The van der Waals surface area contributed by atoms with Crippen LogP contribution in [-0.4, -0.2) is 36.1 Å². The first kappa shape index (κ1) is 24.0. The SMILES string of the molecule is CCCN(CC)c1ccc(C(=O)NC2C3CCCC2CC(N)C3)cn1.Cl.Cl. The third kappa shape index (κ3) is 5.72. The molecule has 2 aliphatic carbocycles. The van der Waals surface area contributed by atoms with E-state index >= 15 is 0 Å². The summed E-state index contributed by atoms with van der Waals surface area (Å²) in [6.07, 6.45) is 8.54. The molecule has 7 heteroatoms. The highest BCUT2D eigenvalue weighted by molar-refractivity contribution is 5.94. The van der Waals surface area contributed by atoms with Crippen LogP contribution in [0, 0.1) is 11.8 Å². The molecule has 2 saturated carbocycles. The third-order valence-electron chi connectivity index (χ3n) is 5.88. The van der Waals surface area contributed by atoms with Crippen molar-refractivity contribution in [3.05, 3.63) is 23.9 Å². The Labute approximate surface area is 175 Å². The summed E-state index contributed by atoms with van der Waals surface area (Å²) in [6.45, 7) is 6.21. The molecule has 154 valence electrons. The summed E-state index contributed by atoms with van der Waals surface area (Å²) in [7, 11) is 0. The van der Waals surface area contributed by atoms with Crippen molar-refractivity contribution in [2.75, 3.05) is 18.0 Å². The fourth-order valence-corrected chi connectivity index (χ4v) is 4.67. The molecule has 27 heavy (non-hydrogen) atoms. The third-order valence-corrected chi connectivity index (χ3v) is 5.88. The van der Waals surface area contributed by atoms with Gasteiger partial charge in [0.05, 0.1) is 5.56 Å². The molecule has 0 spiro atoms. The van der Waals surface area contributed by atoms with E-state index < -0.39 is 0 Å². The lowest BCUT2D eigenvalue weighted by molar-refractivity contribution is 0.0755. The van der Waals surface area contributed by atoms with Crippen LogP contribution >= 0.6 is 24.8 Å². The number of pyridine rings is 1. The van der Waals surface area contributed by atoms with Crippen molar-refractivity contribution in [1.82, 2.24) is 10.3 Å². The van der Waals surface area contributed by atoms with Gasteiger partial charge < -0.3 is 16.0 Å². The molecule has 2 fully saturated rings. The molecule has 0 aromatic carbocycles. The van der Waals surface area contributed by atoms with Gasteiger partial charge in [-0.15, -0.1) is 24.8 Å². The number of carbonyl (C=O) groups is 1. The average molecular weight is 417 g/mol. The summed E-state index contributed by atoms with van der Waals surface area (Å²) in [4.78, 5) is 19.4. The molecule has 0 saturated heterocycles. The van der Waals surface area contributed by atoms with Crippen LogP contribution < -0.4 is 16.0 Å². The van der Waals surface area contributed by atoms with E-state index in [-0.39, 0.29) is 36.8 Å². The van der Waals surface area contributed by atoms with Gasteiger partial charge in [-0.3, -0.25) is 4.79 Å². The number of carbonyl (C=O) groups excluding carboxylic acids is 1. The van der Waals surface area contributed by atoms with Crippen LogP contribution in [0.5, 0.6) is 0 Å². The fourth-order valence-electron chi connectivity index (χ4n) is 4.67. The van der Waals surface area contributed by atoms with Gasteiger partial charge in [0, 0.05) is 31.4 Å². The highest BCUT2D eigenvalue weighted by atomic mass is 35.5. The summed E-state index contributed by atoms with van der Waals surface area (Å²) >= 11 is 0. The number of fused-ring (bicyclic) bond motifs is 2. The first-order chi connectivity index (χ1) is 12.1. The molecule has 3 rings (SSSR count). The van der Waals surface area contributed by atoms with Crippen molar-refractivity contribution in [3.63, 3.8) is 0 Å². The van der Waals surface area contributed by atoms with Crippen LogP contribution in [0.2, 0.25) is 0 Å². The highest BCUT2D eigenvalue weighted by Gasteiger charge is 2.39. The number of rotatable bonds is 6. The molecule has 2 aliphatic rings. The maximum atomic E-state index is 12.7. The summed E-state index contributed by atoms with van der Waals surface area (Å²) in [6, 6.07) is 4.46. The molecule has 5 nitrogen and oxygen atoms in total. The van der Waals surface area contributed by atoms with Crippen molar-refractivity contribution < 1.29 is 4.79 Å². The average Bonchev–Trinajstić information content (AvgIpc) is 2.60. The van der Waals surface area contributed by atoms with Gasteiger partial charge in [0.15, 0.2) is 0 Å². The molecule has 2 bridgehead atoms. The Kier molecular flexibility index (Phi) is 9.85. The molecule has 0 radical (unpaired) electrons. The van der Waals surface area contributed by atoms with Crippen LogP contribution in [0.3, 0.4) is 0 Å².